The molecular formula is C24H27ClN8OS. The van der Waals surface area contributed by atoms with Crippen LogP contribution in [0.25, 0.3) is 11.4 Å². The first kappa shape index (κ1) is 24.8. The van der Waals surface area contributed by atoms with Crippen LogP contribution < -0.4 is 16.0 Å². The molecule has 0 fully saturated rings. The van der Waals surface area contributed by atoms with Gasteiger partial charge in [-0.1, -0.05) is 65.4 Å². The van der Waals surface area contributed by atoms with Crippen molar-refractivity contribution in [3.8, 4) is 11.4 Å². The van der Waals surface area contributed by atoms with Gasteiger partial charge in [-0.2, -0.15) is 15.0 Å². The van der Waals surface area contributed by atoms with E-state index in [4.69, 9.17) is 11.6 Å². The number of halogens is 1. The fourth-order valence-corrected chi connectivity index (χ4v) is 4.23. The number of para-hydroxylation sites is 1. The first-order valence-electron chi connectivity index (χ1n) is 11.0. The number of likely N-dealkylation sites (N-methyl/N-ethyl adjacent to an activating group) is 1. The fourth-order valence-electron chi connectivity index (χ4n) is 3.21. The van der Waals surface area contributed by atoms with Crippen molar-refractivity contribution >= 4 is 45.7 Å². The lowest BCUT2D eigenvalue weighted by Crippen LogP contribution is -2.21. The number of nitrogens with one attached hydrogen (secondary N) is 3. The highest BCUT2D eigenvalue weighted by molar-refractivity contribution is 7.15. The summed E-state index contributed by atoms with van der Waals surface area (Å²) in [6.07, 6.45) is 0.634. The van der Waals surface area contributed by atoms with E-state index in [1.54, 1.807) is 12.3 Å². The number of benzene rings is 2. The zero-order chi connectivity index (χ0) is 24.8. The van der Waals surface area contributed by atoms with Crippen molar-refractivity contribution in [1.29, 1.82) is 0 Å². The maximum Gasteiger partial charge on any atom is 0.234 e. The Hall–Kier alpha value is -3.31. The Balaban J connectivity index is 1.53. The number of hydrogen-bond donors (Lipinski definition) is 4. The van der Waals surface area contributed by atoms with E-state index < -0.39 is 6.23 Å². The predicted octanol–water partition coefficient (Wildman–Crippen LogP) is 4.78. The molecule has 2 aromatic carbocycles. The van der Waals surface area contributed by atoms with Crippen molar-refractivity contribution in [2.75, 3.05) is 43.1 Å². The van der Waals surface area contributed by atoms with E-state index in [1.807, 2.05) is 63.5 Å². The van der Waals surface area contributed by atoms with E-state index in [0.29, 0.717) is 45.0 Å². The molecule has 11 heteroatoms. The maximum absolute atomic E-state index is 10.7. The Morgan fingerprint density at radius 3 is 2.54 bits per heavy atom. The van der Waals surface area contributed by atoms with Crippen LogP contribution in [0.2, 0.25) is 5.02 Å². The van der Waals surface area contributed by atoms with Crippen molar-refractivity contribution in [3.63, 3.8) is 0 Å². The summed E-state index contributed by atoms with van der Waals surface area (Å²) in [4.78, 5) is 20.7. The van der Waals surface area contributed by atoms with Gasteiger partial charge in [0, 0.05) is 24.8 Å². The normalized spacial score (nSPS) is 11.9. The van der Waals surface area contributed by atoms with Gasteiger partial charge in [0.25, 0.3) is 0 Å². The Morgan fingerprint density at radius 1 is 1.03 bits per heavy atom. The quantitative estimate of drug-likeness (QED) is 0.224. The highest BCUT2D eigenvalue weighted by Gasteiger charge is 2.16. The highest BCUT2D eigenvalue weighted by atomic mass is 35.5. The lowest BCUT2D eigenvalue weighted by atomic mass is 10.2. The average molecular weight is 511 g/mol. The summed E-state index contributed by atoms with van der Waals surface area (Å²) in [5.74, 6) is 1.37. The summed E-state index contributed by atoms with van der Waals surface area (Å²) < 4.78 is 0. The number of hydrogen-bond acceptors (Lipinski definition) is 10. The van der Waals surface area contributed by atoms with E-state index in [0.717, 1.165) is 17.7 Å². The molecule has 0 spiro atoms. The number of aliphatic hydroxyl groups excluding tert-OH is 1. The van der Waals surface area contributed by atoms with Gasteiger partial charge in [-0.25, -0.2) is 4.98 Å². The summed E-state index contributed by atoms with van der Waals surface area (Å²) in [5, 5.41) is 21.2. The van der Waals surface area contributed by atoms with Crippen LogP contribution in [-0.2, 0) is 0 Å². The number of aliphatic hydroxyl groups is 1. The van der Waals surface area contributed by atoms with Gasteiger partial charge in [0.05, 0.1) is 15.6 Å². The van der Waals surface area contributed by atoms with Crippen LogP contribution >= 0.6 is 22.9 Å². The minimum absolute atomic E-state index is 0.358. The molecule has 0 saturated carbocycles. The predicted molar refractivity (Wildman–Crippen MR) is 142 cm³/mol. The minimum atomic E-state index is -0.969. The summed E-state index contributed by atoms with van der Waals surface area (Å²) >= 11 is 7.57. The van der Waals surface area contributed by atoms with E-state index in [2.05, 4.69) is 40.8 Å². The van der Waals surface area contributed by atoms with Crippen LogP contribution in [0.3, 0.4) is 0 Å². The van der Waals surface area contributed by atoms with Gasteiger partial charge < -0.3 is 20.6 Å². The summed E-state index contributed by atoms with van der Waals surface area (Å²) in [7, 11) is 4.02. The average Bonchev–Trinajstić information content (AvgIpc) is 3.30. The lowest BCUT2D eigenvalue weighted by molar-refractivity contribution is 0.212. The van der Waals surface area contributed by atoms with Gasteiger partial charge in [-0.05, 0) is 32.6 Å². The standard InChI is InChI=1S/C24H27ClN8OS/c1-15-8-7-11-17(25)19(15)28-21(34)18-14-27-24(35-18)32-23-30-20(16-9-5-4-6-10-16)29-22(31-23)26-12-13-33(2)3/h4-11,14,21,28,34H,12-13H2,1-3H3,(H2,26,27,29,30,31,32). The highest BCUT2D eigenvalue weighted by Crippen LogP contribution is 2.32. The number of nitrogens with zero attached hydrogens (tertiary/aromatic N) is 5. The molecule has 2 heterocycles. The molecule has 2 aromatic heterocycles. The second-order valence-corrected chi connectivity index (χ2v) is 9.54. The molecule has 4 aromatic rings. The van der Waals surface area contributed by atoms with Crippen LogP contribution in [0.1, 0.15) is 16.7 Å². The number of rotatable bonds is 10. The SMILES string of the molecule is Cc1cccc(Cl)c1NC(O)c1cnc(Nc2nc(NCCN(C)C)nc(-c3ccccc3)n2)s1. The van der Waals surface area contributed by atoms with Gasteiger partial charge in [0.1, 0.15) is 0 Å². The lowest BCUT2D eigenvalue weighted by Gasteiger charge is -2.15. The molecule has 35 heavy (non-hydrogen) atoms. The molecule has 0 radical (unpaired) electrons. The number of aromatic nitrogens is 4. The van der Waals surface area contributed by atoms with Crippen molar-refractivity contribution < 1.29 is 5.11 Å². The van der Waals surface area contributed by atoms with Crippen LogP contribution in [0.4, 0.5) is 22.7 Å². The summed E-state index contributed by atoms with van der Waals surface area (Å²) in [5.41, 5.74) is 2.50. The van der Waals surface area contributed by atoms with Crippen LogP contribution in [0, 0.1) is 6.92 Å². The molecular weight excluding hydrogens is 484 g/mol. The zero-order valence-electron chi connectivity index (χ0n) is 19.7. The van der Waals surface area contributed by atoms with Crippen LogP contribution in [0.15, 0.2) is 54.7 Å². The van der Waals surface area contributed by atoms with Gasteiger partial charge in [-0.3, -0.25) is 5.32 Å². The topological polar surface area (TPSA) is 111 Å². The van der Waals surface area contributed by atoms with Crippen molar-refractivity contribution in [1.82, 2.24) is 24.8 Å². The van der Waals surface area contributed by atoms with Gasteiger partial charge in [-0.15, -0.1) is 0 Å². The molecule has 1 unspecified atom stereocenters. The Kier molecular flexibility index (Phi) is 8.09. The number of anilines is 4. The molecule has 0 aliphatic rings. The third-order valence-corrected chi connectivity index (χ3v) is 6.30. The second-order valence-electron chi connectivity index (χ2n) is 8.07. The van der Waals surface area contributed by atoms with Crippen molar-refractivity contribution in [3.05, 3.63) is 70.2 Å². The summed E-state index contributed by atoms with van der Waals surface area (Å²) in [6.45, 7) is 3.45. The van der Waals surface area contributed by atoms with Crippen LogP contribution in [0.5, 0.6) is 0 Å². The smallest absolute Gasteiger partial charge is 0.234 e. The largest absolute Gasteiger partial charge is 0.369 e. The number of thiazole rings is 1. The Bertz CT molecular complexity index is 1250. The third-order valence-electron chi connectivity index (χ3n) is 5.02. The van der Waals surface area contributed by atoms with Crippen molar-refractivity contribution in [2.24, 2.45) is 0 Å². The molecule has 0 aliphatic carbocycles. The minimum Gasteiger partial charge on any atom is -0.369 e. The van der Waals surface area contributed by atoms with E-state index in [-0.39, 0.29) is 0 Å². The molecule has 9 nitrogen and oxygen atoms in total. The van der Waals surface area contributed by atoms with Gasteiger partial charge in [0.15, 0.2) is 17.2 Å². The maximum atomic E-state index is 10.7. The first-order valence-corrected chi connectivity index (χ1v) is 12.2. The van der Waals surface area contributed by atoms with Gasteiger partial charge in [0.2, 0.25) is 11.9 Å². The molecule has 0 aliphatic heterocycles. The zero-order valence-corrected chi connectivity index (χ0v) is 21.2. The second kappa shape index (κ2) is 11.4. The molecule has 182 valence electrons. The van der Waals surface area contributed by atoms with E-state index in [1.165, 1.54) is 11.3 Å². The van der Waals surface area contributed by atoms with Crippen molar-refractivity contribution in [2.45, 2.75) is 13.2 Å². The summed E-state index contributed by atoms with van der Waals surface area (Å²) in [6, 6.07) is 15.3. The molecule has 4 rings (SSSR count). The van der Waals surface area contributed by atoms with E-state index in [9.17, 15) is 5.11 Å². The molecule has 4 N–H and O–H groups in total. The molecule has 0 saturated heterocycles. The Morgan fingerprint density at radius 2 is 1.80 bits per heavy atom. The first-order chi connectivity index (χ1) is 16.9. The molecule has 1 atom stereocenters. The molecule has 0 bridgehead atoms. The van der Waals surface area contributed by atoms with E-state index >= 15 is 0 Å². The van der Waals surface area contributed by atoms with Gasteiger partial charge >= 0.3 is 0 Å². The fraction of sp³-hybridized carbons (Fsp3) is 0.250. The van der Waals surface area contributed by atoms with Crippen LogP contribution in [-0.4, -0.2) is 57.1 Å². The number of aryl methyl sites for hydroxylation is 1. The Labute approximate surface area is 213 Å². The monoisotopic (exact) mass is 510 g/mol. The molecule has 0 amide bonds. The third kappa shape index (κ3) is 6.64.